The van der Waals surface area contributed by atoms with Gasteiger partial charge in [-0.05, 0) is 32.2 Å². The molecule has 2 aliphatic rings. The zero-order valence-electron chi connectivity index (χ0n) is 9.38. The van der Waals surface area contributed by atoms with E-state index in [-0.39, 0.29) is 11.7 Å². The quantitative estimate of drug-likeness (QED) is 0.530. The minimum Gasteiger partial charge on any atom is -0.387 e. The lowest BCUT2D eigenvalue weighted by Gasteiger charge is -2.21. The topological polar surface area (TPSA) is 64.9 Å². The van der Waals surface area contributed by atoms with Crippen LogP contribution in [0.5, 0.6) is 0 Å². The largest absolute Gasteiger partial charge is 0.387 e. The molecule has 2 aliphatic heterocycles. The number of carbonyl (C=O) groups is 1. The molecule has 2 rings (SSSR count). The van der Waals surface area contributed by atoms with Crippen molar-refractivity contribution in [2.45, 2.75) is 25.7 Å². The molecule has 0 saturated carbocycles. The van der Waals surface area contributed by atoms with E-state index in [1.54, 1.807) is 0 Å². The summed E-state index contributed by atoms with van der Waals surface area (Å²) in [5.41, 5.74) is 1.23. The van der Waals surface area contributed by atoms with Crippen molar-refractivity contribution in [1.82, 2.24) is 10.6 Å². The number of ketones is 1. The minimum absolute atomic E-state index is 0.00157. The van der Waals surface area contributed by atoms with E-state index < -0.39 is 0 Å². The number of Topliss-reactive ketones (excluding diaryl/α,β-unsaturated/α-hetero) is 1. The van der Waals surface area contributed by atoms with E-state index in [1.165, 1.54) is 0 Å². The SMILES string of the molecule is N#C/C(C(=O)C1CCCNC1)=C1\CCCN1. The summed E-state index contributed by atoms with van der Waals surface area (Å²) in [6.45, 7) is 2.59. The average molecular weight is 219 g/mol. The van der Waals surface area contributed by atoms with Gasteiger partial charge in [0.1, 0.15) is 11.6 Å². The number of piperidine rings is 1. The van der Waals surface area contributed by atoms with E-state index in [4.69, 9.17) is 5.26 Å². The molecule has 4 heteroatoms. The Morgan fingerprint density at radius 3 is 2.81 bits per heavy atom. The molecule has 86 valence electrons. The maximum absolute atomic E-state index is 12.2. The normalized spacial score (nSPS) is 28.1. The molecule has 1 atom stereocenters. The number of hydrogen-bond donors (Lipinski definition) is 2. The molecule has 0 radical (unpaired) electrons. The fourth-order valence-electron chi connectivity index (χ4n) is 2.36. The first kappa shape index (κ1) is 11.2. The maximum atomic E-state index is 12.2. The van der Waals surface area contributed by atoms with Crippen LogP contribution in [0.3, 0.4) is 0 Å². The van der Waals surface area contributed by atoms with Crippen LogP contribution >= 0.6 is 0 Å². The Morgan fingerprint density at radius 2 is 2.25 bits per heavy atom. The lowest BCUT2D eigenvalue weighted by Crippen LogP contribution is -2.35. The first-order valence-corrected chi connectivity index (χ1v) is 5.95. The van der Waals surface area contributed by atoms with Gasteiger partial charge >= 0.3 is 0 Å². The lowest BCUT2D eigenvalue weighted by molar-refractivity contribution is -0.119. The van der Waals surface area contributed by atoms with Gasteiger partial charge in [-0.2, -0.15) is 5.26 Å². The molecule has 4 nitrogen and oxygen atoms in total. The molecule has 1 unspecified atom stereocenters. The van der Waals surface area contributed by atoms with Crippen LogP contribution in [0, 0.1) is 17.2 Å². The van der Waals surface area contributed by atoms with Gasteiger partial charge in [-0.1, -0.05) is 0 Å². The van der Waals surface area contributed by atoms with Gasteiger partial charge in [0.15, 0.2) is 5.78 Å². The van der Waals surface area contributed by atoms with E-state index in [2.05, 4.69) is 16.7 Å². The molecule has 16 heavy (non-hydrogen) atoms. The van der Waals surface area contributed by atoms with Crippen LogP contribution in [0.4, 0.5) is 0 Å². The van der Waals surface area contributed by atoms with Crippen molar-refractivity contribution in [3.8, 4) is 6.07 Å². The number of nitriles is 1. The monoisotopic (exact) mass is 219 g/mol. The van der Waals surface area contributed by atoms with Crippen molar-refractivity contribution < 1.29 is 4.79 Å². The molecule has 2 N–H and O–H groups in total. The van der Waals surface area contributed by atoms with E-state index in [0.717, 1.165) is 51.0 Å². The molecule has 0 spiro atoms. The van der Waals surface area contributed by atoms with Gasteiger partial charge in [0, 0.05) is 24.7 Å². The first-order chi connectivity index (χ1) is 7.83. The van der Waals surface area contributed by atoms with Crippen molar-refractivity contribution in [2.24, 2.45) is 5.92 Å². The van der Waals surface area contributed by atoms with Crippen molar-refractivity contribution in [3.05, 3.63) is 11.3 Å². The van der Waals surface area contributed by atoms with Gasteiger partial charge in [-0.15, -0.1) is 0 Å². The molecular formula is C12H17N3O. The van der Waals surface area contributed by atoms with Crippen LogP contribution in [-0.2, 0) is 4.79 Å². The summed E-state index contributed by atoms with van der Waals surface area (Å²) in [4.78, 5) is 12.2. The van der Waals surface area contributed by atoms with Gasteiger partial charge < -0.3 is 10.6 Å². The van der Waals surface area contributed by atoms with E-state index in [9.17, 15) is 4.79 Å². The van der Waals surface area contributed by atoms with Crippen molar-refractivity contribution >= 4 is 5.78 Å². The zero-order valence-corrected chi connectivity index (χ0v) is 9.38. The second-order valence-electron chi connectivity index (χ2n) is 4.40. The third-order valence-electron chi connectivity index (χ3n) is 3.27. The van der Waals surface area contributed by atoms with E-state index in [1.807, 2.05) is 0 Å². The Kier molecular flexibility index (Phi) is 3.58. The minimum atomic E-state index is -0.00157. The highest BCUT2D eigenvalue weighted by Crippen LogP contribution is 2.20. The summed E-state index contributed by atoms with van der Waals surface area (Å²) in [7, 11) is 0. The highest BCUT2D eigenvalue weighted by atomic mass is 16.1. The Labute approximate surface area is 95.7 Å². The Hall–Kier alpha value is -1.34. The molecule has 0 aromatic heterocycles. The average Bonchev–Trinajstić information content (AvgIpc) is 2.85. The van der Waals surface area contributed by atoms with Crippen LogP contribution in [0.2, 0.25) is 0 Å². The molecule has 2 heterocycles. The fraction of sp³-hybridized carbons (Fsp3) is 0.667. The highest BCUT2D eigenvalue weighted by Gasteiger charge is 2.27. The summed E-state index contributed by atoms with van der Waals surface area (Å²) in [5, 5.41) is 15.5. The predicted octanol–water partition coefficient (Wildman–Crippen LogP) is 0.716. The molecule has 2 fully saturated rings. The highest BCUT2D eigenvalue weighted by molar-refractivity contribution is 6.01. The Morgan fingerprint density at radius 1 is 1.38 bits per heavy atom. The van der Waals surface area contributed by atoms with Crippen molar-refractivity contribution in [2.75, 3.05) is 19.6 Å². The van der Waals surface area contributed by atoms with Gasteiger partial charge in [-0.25, -0.2) is 0 Å². The van der Waals surface area contributed by atoms with Gasteiger partial charge in [-0.3, -0.25) is 4.79 Å². The fourth-order valence-corrected chi connectivity index (χ4v) is 2.36. The maximum Gasteiger partial charge on any atom is 0.179 e. The van der Waals surface area contributed by atoms with Crippen LogP contribution in [-0.4, -0.2) is 25.4 Å². The Bertz CT molecular complexity index is 340. The lowest BCUT2D eigenvalue weighted by atomic mass is 9.90. The van der Waals surface area contributed by atoms with Crippen molar-refractivity contribution in [3.63, 3.8) is 0 Å². The number of carbonyl (C=O) groups excluding carboxylic acids is 1. The number of nitrogens with one attached hydrogen (secondary N) is 2. The Balaban J connectivity index is 2.12. The molecule has 0 aromatic carbocycles. The van der Waals surface area contributed by atoms with Gasteiger partial charge in [0.25, 0.3) is 0 Å². The van der Waals surface area contributed by atoms with Crippen LogP contribution in [0.25, 0.3) is 0 Å². The smallest absolute Gasteiger partial charge is 0.179 e. The summed E-state index contributed by atoms with van der Waals surface area (Å²) < 4.78 is 0. The number of nitrogens with zero attached hydrogens (tertiary/aromatic N) is 1. The third kappa shape index (κ3) is 2.25. The molecule has 0 amide bonds. The van der Waals surface area contributed by atoms with E-state index in [0.29, 0.717) is 5.57 Å². The predicted molar refractivity (Wildman–Crippen MR) is 60.5 cm³/mol. The number of allylic oxidation sites excluding steroid dienone is 2. The van der Waals surface area contributed by atoms with Crippen LogP contribution < -0.4 is 10.6 Å². The van der Waals surface area contributed by atoms with Crippen LogP contribution in [0.15, 0.2) is 11.3 Å². The van der Waals surface area contributed by atoms with Crippen molar-refractivity contribution in [1.29, 1.82) is 5.26 Å². The standard InChI is InChI=1S/C12H17N3O/c13-7-10(11-4-2-6-15-11)12(16)9-3-1-5-14-8-9/h9,14-15H,1-6,8H2/b11-10-. The number of hydrogen-bond acceptors (Lipinski definition) is 4. The first-order valence-electron chi connectivity index (χ1n) is 5.95. The van der Waals surface area contributed by atoms with Gasteiger partial charge in [0.2, 0.25) is 0 Å². The molecule has 0 aliphatic carbocycles. The molecular weight excluding hydrogens is 202 g/mol. The van der Waals surface area contributed by atoms with Crippen LogP contribution in [0.1, 0.15) is 25.7 Å². The third-order valence-corrected chi connectivity index (χ3v) is 3.27. The molecule has 0 aromatic rings. The molecule has 0 bridgehead atoms. The van der Waals surface area contributed by atoms with Gasteiger partial charge in [0.05, 0.1) is 0 Å². The second kappa shape index (κ2) is 5.13. The zero-order chi connectivity index (χ0) is 11.4. The summed E-state index contributed by atoms with van der Waals surface area (Å²) >= 11 is 0. The number of rotatable bonds is 2. The second-order valence-corrected chi connectivity index (χ2v) is 4.40. The summed E-state index contributed by atoms with van der Waals surface area (Å²) in [5.74, 6) is 0.0254. The summed E-state index contributed by atoms with van der Waals surface area (Å²) in [6.07, 6.45) is 3.80. The summed E-state index contributed by atoms with van der Waals surface area (Å²) in [6, 6.07) is 2.08. The molecule has 2 saturated heterocycles. The van der Waals surface area contributed by atoms with E-state index >= 15 is 0 Å².